The average molecular weight is 301 g/mol. The zero-order valence-corrected chi connectivity index (χ0v) is 13.0. The first-order valence-corrected chi connectivity index (χ1v) is 6.29. The number of benzene rings is 1. The Morgan fingerprint density at radius 3 is 2.10 bits per heavy atom. The highest BCUT2D eigenvalue weighted by Gasteiger charge is 2.26. The fourth-order valence-corrected chi connectivity index (χ4v) is 2.13. The molecule has 6 heteroatoms. The van der Waals surface area contributed by atoms with Gasteiger partial charge >= 0.3 is 0 Å². The first-order valence-electron chi connectivity index (χ1n) is 6.29. The van der Waals surface area contributed by atoms with E-state index >= 15 is 0 Å². The van der Waals surface area contributed by atoms with Gasteiger partial charge in [-0.05, 0) is 19.1 Å². The lowest BCUT2D eigenvalue weighted by molar-refractivity contribution is 0.0680. The molecule has 1 aliphatic heterocycles. The normalized spacial score (nSPS) is 14.0. The molecule has 1 amide bonds. The Morgan fingerprint density at radius 2 is 1.75 bits per heavy atom. The van der Waals surface area contributed by atoms with E-state index in [4.69, 9.17) is 9.47 Å². The maximum absolute atomic E-state index is 12.4. The summed E-state index contributed by atoms with van der Waals surface area (Å²) in [4.78, 5) is 14.2. The van der Waals surface area contributed by atoms with Crippen LogP contribution in [0.3, 0.4) is 0 Å². The quantitative estimate of drug-likeness (QED) is 0.915. The molecular formula is C14H21ClN2O3. The Morgan fingerprint density at radius 1 is 1.25 bits per heavy atom. The molecule has 0 aromatic heterocycles. The summed E-state index contributed by atoms with van der Waals surface area (Å²) in [6, 6.07) is 3.80. The maximum atomic E-state index is 12.4. The molecule has 1 N–H and O–H groups in total. The number of halogens is 1. The first-order chi connectivity index (χ1) is 9.08. The van der Waals surface area contributed by atoms with Gasteiger partial charge in [0.15, 0.2) is 0 Å². The van der Waals surface area contributed by atoms with Gasteiger partial charge in [0, 0.05) is 31.3 Å². The lowest BCUT2D eigenvalue weighted by atomic mass is 10.1. The molecular weight excluding hydrogens is 280 g/mol. The van der Waals surface area contributed by atoms with E-state index in [1.165, 1.54) is 0 Å². The van der Waals surface area contributed by atoms with Crippen LogP contribution in [0.4, 0.5) is 0 Å². The Balaban J connectivity index is 0.00000200. The Kier molecular flexibility index (Phi) is 5.65. The van der Waals surface area contributed by atoms with Gasteiger partial charge in [0.1, 0.15) is 11.5 Å². The van der Waals surface area contributed by atoms with Crippen molar-refractivity contribution in [2.45, 2.75) is 13.0 Å². The second-order valence-corrected chi connectivity index (χ2v) is 4.73. The number of likely N-dealkylation sites (N-methyl/N-ethyl adjacent to an activating group) is 1. The number of nitrogens with zero attached hydrogens (tertiary/aromatic N) is 1. The van der Waals surface area contributed by atoms with Crippen molar-refractivity contribution >= 4 is 18.3 Å². The molecule has 20 heavy (non-hydrogen) atoms. The van der Waals surface area contributed by atoms with Crippen LogP contribution < -0.4 is 14.8 Å². The van der Waals surface area contributed by atoms with Gasteiger partial charge in [0.25, 0.3) is 5.91 Å². The van der Waals surface area contributed by atoms with Gasteiger partial charge in [-0.2, -0.15) is 0 Å². The summed E-state index contributed by atoms with van der Waals surface area (Å²) in [6.07, 6.45) is 0. The van der Waals surface area contributed by atoms with E-state index in [2.05, 4.69) is 5.32 Å². The van der Waals surface area contributed by atoms with Gasteiger partial charge in [-0.25, -0.2) is 0 Å². The molecule has 2 rings (SSSR count). The van der Waals surface area contributed by atoms with Gasteiger partial charge < -0.3 is 19.7 Å². The highest BCUT2D eigenvalue weighted by molar-refractivity contribution is 5.95. The van der Waals surface area contributed by atoms with Crippen molar-refractivity contribution in [1.29, 1.82) is 0 Å². The number of nitrogens with one attached hydrogen (secondary N) is 1. The van der Waals surface area contributed by atoms with Gasteiger partial charge in [-0.15, -0.1) is 12.4 Å². The predicted octanol–water partition coefficient (Wildman–Crippen LogP) is 1.48. The van der Waals surface area contributed by atoms with Gasteiger partial charge in [-0.1, -0.05) is 0 Å². The van der Waals surface area contributed by atoms with Crippen LogP contribution in [-0.2, 0) is 0 Å². The van der Waals surface area contributed by atoms with E-state index in [1.807, 2.05) is 14.0 Å². The van der Waals surface area contributed by atoms with Crippen molar-refractivity contribution in [1.82, 2.24) is 10.2 Å². The molecule has 1 saturated heterocycles. The molecule has 0 aliphatic carbocycles. The zero-order valence-electron chi connectivity index (χ0n) is 12.2. The van der Waals surface area contributed by atoms with Crippen LogP contribution in [0.15, 0.2) is 12.1 Å². The number of ether oxygens (including phenoxy) is 2. The Hall–Kier alpha value is -1.46. The molecule has 0 spiro atoms. The SMILES string of the molecule is COc1cc(C(=O)N(C)C2CNC2)cc(OC)c1C.Cl. The van der Waals surface area contributed by atoms with Crippen LogP contribution in [-0.4, -0.2) is 51.2 Å². The molecule has 0 saturated carbocycles. The highest BCUT2D eigenvalue weighted by atomic mass is 35.5. The molecule has 1 aromatic carbocycles. The van der Waals surface area contributed by atoms with Crippen LogP contribution in [0.1, 0.15) is 15.9 Å². The largest absolute Gasteiger partial charge is 0.496 e. The van der Waals surface area contributed by atoms with Crippen molar-refractivity contribution in [3.8, 4) is 11.5 Å². The number of hydrogen-bond acceptors (Lipinski definition) is 4. The summed E-state index contributed by atoms with van der Waals surface area (Å²) >= 11 is 0. The minimum atomic E-state index is -0.0110. The summed E-state index contributed by atoms with van der Waals surface area (Å²) < 4.78 is 10.6. The molecule has 0 unspecified atom stereocenters. The molecule has 1 heterocycles. The lowest BCUT2D eigenvalue weighted by Crippen LogP contribution is -2.57. The number of hydrogen-bond donors (Lipinski definition) is 1. The molecule has 5 nitrogen and oxygen atoms in total. The smallest absolute Gasteiger partial charge is 0.254 e. The highest BCUT2D eigenvalue weighted by Crippen LogP contribution is 2.30. The van der Waals surface area contributed by atoms with Gasteiger partial charge in [0.05, 0.1) is 20.3 Å². The number of rotatable bonds is 4. The second-order valence-electron chi connectivity index (χ2n) is 4.73. The third kappa shape index (κ3) is 2.99. The third-order valence-corrected chi connectivity index (χ3v) is 3.63. The molecule has 1 fully saturated rings. The van der Waals surface area contributed by atoms with E-state index in [0.717, 1.165) is 18.7 Å². The van der Waals surface area contributed by atoms with Crippen molar-refractivity contribution in [2.75, 3.05) is 34.4 Å². The number of carbonyl (C=O) groups excluding carboxylic acids is 1. The van der Waals surface area contributed by atoms with Crippen LogP contribution in [0.25, 0.3) is 0 Å². The summed E-state index contributed by atoms with van der Waals surface area (Å²) in [6.45, 7) is 3.61. The monoisotopic (exact) mass is 300 g/mol. The van der Waals surface area contributed by atoms with E-state index in [-0.39, 0.29) is 24.4 Å². The molecule has 0 bridgehead atoms. The molecule has 112 valence electrons. The fraction of sp³-hybridized carbons (Fsp3) is 0.500. The number of carbonyl (C=O) groups is 1. The molecule has 0 atom stereocenters. The first kappa shape index (κ1) is 16.6. The van der Waals surface area contributed by atoms with E-state index in [0.29, 0.717) is 17.1 Å². The zero-order chi connectivity index (χ0) is 14.0. The van der Waals surface area contributed by atoms with E-state index < -0.39 is 0 Å². The summed E-state index contributed by atoms with van der Waals surface area (Å²) in [7, 11) is 5.01. The van der Waals surface area contributed by atoms with Crippen molar-refractivity contribution < 1.29 is 14.3 Å². The van der Waals surface area contributed by atoms with Crippen LogP contribution in [0, 0.1) is 6.92 Å². The minimum absolute atomic E-state index is 0. The third-order valence-electron chi connectivity index (χ3n) is 3.63. The van der Waals surface area contributed by atoms with Crippen LogP contribution in [0.2, 0.25) is 0 Å². The minimum Gasteiger partial charge on any atom is -0.496 e. The summed E-state index contributed by atoms with van der Waals surface area (Å²) in [5.41, 5.74) is 1.49. The Labute approximate surface area is 125 Å². The van der Waals surface area contributed by atoms with E-state index in [9.17, 15) is 4.79 Å². The molecule has 1 aliphatic rings. The molecule has 1 aromatic rings. The van der Waals surface area contributed by atoms with Crippen LogP contribution in [0.5, 0.6) is 11.5 Å². The topological polar surface area (TPSA) is 50.8 Å². The number of amides is 1. The summed E-state index contributed by atoms with van der Waals surface area (Å²) in [5.74, 6) is 1.33. The fourth-order valence-electron chi connectivity index (χ4n) is 2.13. The van der Waals surface area contributed by atoms with E-state index in [1.54, 1.807) is 31.3 Å². The van der Waals surface area contributed by atoms with Crippen molar-refractivity contribution in [3.05, 3.63) is 23.3 Å². The standard InChI is InChI=1S/C14H20N2O3.ClH/c1-9-12(18-3)5-10(6-13(9)19-4)14(17)16(2)11-7-15-8-11;/h5-6,11,15H,7-8H2,1-4H3;1H. The Bertz CT molecular complexity index is 464. The van der Waals surface area contributed by atoms with Gasteiger partial charge in [-0.3, -0.25) is 4.79 Å². The summed E-state index contributed by atoms with van der Waals surface area (Å²) in [5, 5.41) is 3.16. The maximum Gasteiger partial charge on any atom is 0.254 e. The second kappa shape index (κ2) is 6.81. The van der Waals surface area contributed by atoms with Crippen LogP contribution >= 0.6 is 12.4 Å². The average Bonchev–Trinajstić information content (AvgIpc) is 2.36. The van der Waals surface area contributed by atoms with Crippen molar-refractivity contribution in [2.24, 2.45) is 0 Å². The van der Waals surface area contributed by atoms with Gasteiger partial charge in [0.2, 0.25) is 0 Å². The lowest BCUT2D eigenvalue weighted by Gasteiger charge is -2.35. The van der Waals surface area contributed by atoms with Crippen molar-refractivity contribution in [3.63, 3.8) is 0 Å². The molecule has 0 radical (unpaired) electrons. The number of methoxy groups -OCH3 is 2. The predicted molar refractivity (Wildman–Crippen MR) is 80.3 cm³/mol.